The third kappa shape index (κ3) is 3.39. The second-order valence-corrected chi connectivity index (χ2v) is 3.60. The number of piperazine rings is 1. The van der Waals surface area contributed by atoms with E-state index in [-0.39, 0.29) is 5.91 Å². The lowest BCUT2D eigenvalue weighted by Crippen LogP contribution is -2.52. The normalized spacial score (nSPS) is 16.6. The fourth-order valence-electron chi connectivity index (χ4n) is 1.59. The molecule has 0 aromatic heterocycles. The average molecular weight is 214 g/mol. The maximum Gasteiger partial charge on any atom is 0.314 e. The molecule has 6 heteroatoms. The Morgan fingerprint density at radius 2 is 1.60 bits per heavy atom. The number of carbonyl (C=O) groups excluding carboxylic acids is 2. The summed E-state index contributed by atoms with van der Waals surface area (Å²) < 4.78 is 0. The summed E-state index contributed by atoms with van der Waals surface area (Å²) in [5, 5.41) is 0. The molecule has 86 valence electrons. The summed E-state index contributed by atoms with van der Waals surface area (Å²) in [6.45, 7) is 2.75. The van der Waals surface area contributed by atoms with Crippen molar-refractivity contribution in [1.29, 1.82) is 0 Å². The van der Waals surface area contributed by atoms with Crippen LogP contribution in [0, 0.1) is 0 Å². The molecule has 1 saturated heterocycles. The lowest BCUT2D eigenvalue weighted by Gasteiger charge is -2.33. The Bertz CT molecular complexity index is 236. The third-order valence-electron chi connectivity index (χ3n) is 2.54. The molecule has 6 nitrogen and oxygen atoms in total. The molecule has 1 aliphatic heterocycles. The standard InChI is InChI=1S/C9H18N4O2/c10-3-1-2-8(14)12-4-6-13(7-5-12)9(11)15/h1-7,10H2,(H2,11,15). The molecule has 1 aliphatic rings. The summed E-state index contributed by atoms with van der Waals surface area (Å²) in [6, 6.07) is -0.413. The van der Waals surface area contributed by atoms with Crippen molar-refractivity contribution in [3.05, 3.63) is 0 Å². The molecule has 1 rings (SSSR count). The van der Waals surface area contributed by atoms with E-state index in [1.165, 1.54) is 0 Å². The van der Waals surface area contributed by atoms with Gasteiger partial charge in [-0.15, -0.1) is 0 Å². The number of nitrogens with two attached hydrogens (primary N) is 2. The summed E-state index contributed by atoms with van der Waals surface area (Å²) in [7, 11) is 0. The van der Waals surface area contributed by atoms with Gasteiger partial charge in [0.05, 0.1) is 0 Å². The van der Waals surface area contributed by atoms with E-state index in [1.807, 2.05) is 0 Å². The second kappa shape index (κ2) is 5.55. The van der Waals surface area contributed by atoms with Gasteiger partial charge in [0.1, 0.15) is 0 Å². The smallest absolute Gasteiger partial charge is 0.314 e. The lowest BCUT2D eigenvalue weighted by molar-refractivity contribution is -0.132. The molecule has 15 heavy (non-hydrogen) atoms. The zero-order chi connectivity index (χ0) is 11.3. The number of hydrogen-bond acceptors (Lipinski definition) is 3. The second-order valence-electron chi connectivity index (χ2n) is 3.60. The Morgan fingerprint density at radius 1 is 1.07 bits per heavy atom. The highest BCUT2D eigenvalue weighted by Gasteiger charge is 2.21. The van der Waals surface area contributed by atoms with E-state index < -0.39 is 6.03 Å². The fourth-order valence-corrected chi connectivity index (χ4v) is 1.59. The minimum absolute atomic E-state index is 0.115. The molecule has 1 heterocycles. The first-order chi connectivity index (χ1) is 7.15. The SMILES string of the molecule is NCCCC(=O)N1CCN(C(N)=O)CC1. The Hall–Kier alpha value is -1.30. The Morgan fingerprint density at radius 3 is 2.07 bits per heavy atom. The van der Waals surface area contributed by atoms with E-state index in [0.29, 0.717) is 39.1 Å². The van der Waals surface area contributed by atoms with E-state index in [9.17, 15) is 9.59 Å². The van der Waals surface area contributed by atoms with E-state index >= 15 is 0 Å². The molecular weight excluding hydrogens is 196 g/mol. The van der Waals surface area contributed by atoms with Gasteiger partial charge < -0.3 is 21.3 Å². The van der Waals surface area contributed by atoms with Crippen molar-refractivity contribution in [2.24, 2.45) is 11.5 Å². The van der Waals surface area contributed by atoms with Crippen LogP contribution in [0.5, 0.6) is 0 Å². The van der Waals surface area contributed by atoms with Crippen LogP contribution < -0.4 is 11.5 Å². The largest absolute Gasteiger partial charge is 0.351 e. The van der Waals surface area contributed by atoms with E-state index in [2.05, 4.69) is 0 Å². The molecule has 0 radical (unpaired) electrons. The Balaban J connectivity index is 2.30. The first-order valence-electron chi connectivity index (χ1n) is 5.17. The molecule has 0 aromatic rings. The van der Waals surface area contributed by atoms with Gasteiger partial charge in [0, 0.05) is 32.6 Å². The molecule has 1 fully saturated rings. The summed E-state index contributed by atoms with van der Waals surface area (Å²) in [5.41, 5.74) is 10.5. The van der Waals surface area contributed by atoms with Crippen LogP contribution in [0.15, 0.2) is 0 Å². The van der Waals surface area contributed by atoms with E-state index in [0.717, 1.165) is 6.42 Å². The quantitative estimate of drug-likeness (QED) is 0.627. The summed E-state index contributed by atoms with van der Waals surface area (Å²) in [6.07, 6.45) is 1.21. The lowest BCUT2D eigenvalue weighted by atomic mass is 10.2. The average Bonchev–Trinajstić information content (AvgIpc) is 2.26. The van der Waals surface area contributed by atoms with E-state index in [4.69, 9.17) is 11.5 Å². The number of urea groups is 1. The van der Waals surface area contributed by atoms with Crippen molar-refractivity contribution in [3.8, 4) is 0 Å². The first kappa shape index (κ1) is 11.8. The maximum absolute atomic E-state index is 11.6. The van der Waals surface area contributed by atoms with Gasteiger partial charge in [0.25, 0.3) is 0 Å². The molecule has 0 bridgehead atoms. The van der Waals surface area contributed by atoms with Crippen LogP contribution in [-0.2, 0) is 4.79 Å². The monoisotopic (exact) mass is 214 g/mol. The third-order valence-corrected chi connectivity index (χ3v) is 2.54. The first-order valence-corrected chi connectivity index (χ1v) is 5.17. The molecule has 0 aromatic carbocycles. The van der Waals surface area contributed by atoms with E-state index in [1.54, 1.807) is 9.80 Å². The van der Waals surface area contributed by atoms with Crippen LogP contribution in [0.3, 0.4) is 0 Å². The molecule has 0 aliphatic carbocycles. The van der Waals surface area contributed by atoms with Crippen molar-refractivity contribution in [2.45, 2.75) is 12.8 Å². The van der Waals surface area contributed by atoms with Crippen molar-refractivity contribution < 1.29 is 9.59 Å². The highest BCUT2D eigenvalue weighted by atomic mass is 16.2. The van der Waals surface area contributed by atoms with Gasteiger partial charge in [0.15, 0.2) is 0 Å². The summed E-state index contributed by atoms with van der Waals surface area (Å²) in [4.78, 5) is 25.7. The predicted molar refractivity (Wildman–Crippen MR) is 56.0 cm³/mol. The van der Waals surface area contributed by atoms with Crippen molar-refractivity contribution in [3.63, 3.8) is 0 Å². The van der Waals surface area contributed by atoms with Gasteiger partial charge >= 0.3 is 6.03 Å². The molecule has 4 N–H and O–H groups in total. The fraction of sp³-hybridized carbons (Fsp3) is 0.778. The number of carbonyl (C=O) groups is 2. The van der Waals surface area contributed by atoms with Crippen LogP contribution in [0.1, 0.15) is 12.8 Å². The molecule has 0 atom stereocenters. The van der Waals surface area contributed by atoms with Gasteiger partial charge in [-0.05, 0) is 13.0 Å². The van der Waals surface area contributed by atoms with Crippen molar-refractivity contribution >= 4 is 11.9 Å². The van der Waals surface area contributed by atoms with Crippen LogP contribution in [0.4, 0.5) is 4.79 Å². The number of nitrogens with zero attached hydrogens (tertiary/aromatic N) is 2. The van der Waals surface area contributed by atoms with Crippen molar-refractivity contribution in [1.82, 2.24) is 9.80 Å². The topological polar surface area (TPSA) is 92.7 Å². The summed E-state index contributed by atoms with van der Waals surface area (Å²) in [5.74, 6) is 0.115. The highest BCUT2D eigenvalue weighted by molar-refractivity contribution is 5.77. The maximum atomic E-state index is 11.6. The van der Waals surface area contributed by atoms with Gasteiger partial charge in [-0.1, -0.05) is 0 Å². The van der Waals surface area contributed by atoms with Gasteiger partial charge in [-0.25, -0.2) is 4.79 Å². The zero-order valence-electron chi connectivity index (χ0n) is 8.82. The minimum Gasteiger partial charge on any atom is -0.351 e. The van der Waals surface area contributed by atoms with Crippen molar-refractivity contribution in [2.75, 3.05) is 32.7 Å². The molecule has 0 unspecified atom stereocenters. The van der Waals surface area contributed by atoms with Gasteiger partial charge in [0.2, 0.25) is 5.91 Å². The zero-order valence-corrected chi connectivity index (χ0v) is 8.82. The summed E-state index contributed by atoms with van der Waals surface area (Å²) >= 11 is 0. The Labute approximate surface area is 89.2 Å². The molecule has 0 spiro atoms. The van der Waals surface area contributed by atoms with Gasteiger partial charge in [-0.3, -0.25) is 4.79 Å². The minimum atomic E-state index is -0.413. The highest BCUT2D eigenvalue weighted by Crippen LogP contribution is 2.04. The number of primary amides is 1. The Kier molecular flexibility index (Phi) is 4.36. The van der Waals surface area contributed by atoms with Gasteiger partial charge in [-0.2, -0.15) is 0 Å². The number of hydrogen-bond donors (Lipinski definition) is 2. The number of amides is 3. The molecular formula is C9H18N4O2. The van der Waals surface area contributed by atoms with Crippen LogP contribution >= 0.6 is 0 Å². The van der Waals surface area contributed by atoms with Crippen LogP contribution in [0.25, 0.3) is 0 Å². The molecule has 3 amide bonds. The molecule has 0 saturated carbocycles. The predicted octanol–water partition coefficient (Wildman–Crippen LogP) is -1.05. The number of rotatable bonds is 3. The van der Waals surface area contributed by atoms with Crippen LogP contribution in [0.2, 0.25) is 0 Å². The van der Waals surface area contributed by atoms with Crippen LogP contribution in [-0.4, -0.2) is 54.5 Å².